The van der Waals surface area contributed by atoms with Gasteiger partial charge in [0.1, 0.15) is 0 Å². The molecule has 3 aromatic rings. The first-order valence-electron chi connectivity index (χ1n) is 5.93. The van der Waals surface area contributed by atoms with E-state index in [9.17, 15) is 4.39 Å². The Labute approximate surface area is 124 Å². The van der Waals surface area contributed by atoms with Crippen LogP contribution in [0.15, 0.2) is 36.7 Å². The minimum absolute atomic E-state index is 0.0484. The first-order chi connectivity index (χ1) is 10.2. The van der Waals surface area contributed by atoms with Crippen LogP contribution < -0.4 is 4.74 Å². The van der Waals surface area contributed by atoms with Crippen LogP contribution in [-0.4, -0.2) is 31.8 Å². The Balaban J connectivity index is 2.15. The molecule has 0 aliphatic carbocycles. The quantitative estimate of drug-likeness (QED) is 0.744. The maximum absolute atomic E-state index is 14.3. The van der Waals surface area contributed by atoms with E-state index >= 15 is 0 Å². The van der Waals surface area contributed by atoms with Crippen LogP contribution in [0.3, 0.4) is 0 Å². The molecule has 106 valence electrons. The zero-order valence-corrected chi connectivity index (χ0v) is 11.6. The SMILES string of the molecule is COc1cccc(-c2nc(Cl)nc(-n3cccn3)n2)c1F. The summed E-state index contributed by atoms with van der Waals surface area (Å²) in [6, 6.07) is 6.40. The van der Waals surface area contributed by atoms with Crippen molar-refractivity contribution in [3.8, 4) is 23.1 Å². The van der Waals surface area contributed by atoms with E-state index in [4.69, 9.17) is 16.3 Å². The first kappa shape index (κ1) is 13.4. The second kappa shape index (κ2) is 5.45. The van der Waals surface area contributed by atoms with Crippen molar-refractivity contribution in [3.05, 3.63) is 47.8 Å². The van der Waals surface area contributed by atoms with Crippen molar-refractivity contribution in [2.45, 2.75) is 0 Å². The van der Waals surface area contributed by atoms with Crippen LogP contribution >= 0.6 is 11.6 Å². The van der Waals surface area contributed by atoms with E-state index in [0.29, 0.717) is 0 Å². The molecule has 0 atom stereocenters. The molecule has 0 fully saturated rings. The number of ether oxygens (including phenoxy) is 1. The standard InChI is InChI=1S/C13H9ClFN5O/c1-21-9-5-2-4-8(10(9)15)11-17-12(14)19-13(18-11)20-7-3-6-16-20/h2-7H,1H3. The van der Waals surface area contributed by atoms with Crippen molar-refractivity contribution in [1.29, 1.82) is 0 Å². The molecular weight excluding hydrogens is 297 g/mol. The van der Waals surface area contributed by atoms with Gasteiger partial charge in [0.15, 0.2) is 17.4 Å². The third-order valence-corrected chi connectivity index (χ3v) is 2.90. The Morgan fingerprint density at radius 3 is 2.76 bits per heavy atom. The number of rotatable bonds is 3. The second-order valence-electron chi connectivity index (χ2n) is 4.00. The van der Waals surface area contributed by atoms with Gasteiger partial charge in [-0.15, -0.1) is 0 Å². The molecular formula is C13H9ClFN5O. The summed E-state index contributed by atoms with van der Waals surface area (Å²) in [5, 5.41) is 3.96. The van der Waals surface area contributed by atoms with Crippen molar-refractivity contribution in [2.75, 3.05) is 7.11 Å². The zero-order chi connectivity index (χ0) is 14.8. The summed E-state index contributed by atoms with van der Waals surface area (Å²) >= 11 is 5.89. The third-order valence-electron chi connectivity index (χ3n) is 2.73. The molecule has 1 aromatic carbocycles. The van der Waals surface area contributed by atoms with Crippen LogP contribution in [0.25, 0.3) is 17.3 Å². The molecule has 0 bridgehead atoms. The van der Waals surface area contributed by atoms with Crippen LogP contribution in [0, 0.1) is 5.82 Å². The van der Waals surface area contributed by atoms with Gasteiger partial charge >= 0.3 is 0 Å². The first-order valence-corrected chi connectivity index (χ1v) is 6.31. The number of nitrogens with zero attached hydrogens (tertiary/aromatic N) is 5. The maximum atomic E-state index is 14.3. The third kappa shape index (κ3) is 2.55. The van der Waals surface area contributed by atoms with Gasteiger partial charge in [0.05, 0.1) is 12.7 Å². The van der Waals surface area contributed by atoms with Crippen LogP contribution in [0.4, 0.5) is 4.39 Å². The lowest BCUT2D eigenvalue weighted by atomic mass is 10.2. The fraction of sp³-hybridized carbons (Fsp3) is 0.0769. The van der Waals surface area contributed by atoms with E-state index in [1.807, 2.05) is 0 Å². The molecule has 0 amide bonds. The number of halogens is 2. The molecule has 3 rings (SSSR count). The van der Waals surface area contributed by atoms with E-state index in [1.54, 1.807) is 24.5 Å². The smallest absolute Gasteiger partial charge is 0.255 e. The Morgan fingerprint density at radius 1 is 1.19 bits per heavy atom. The maximum Gasteiger partial charge on any atom is 0.255 e. The van der Waals surface area contributed by atoms with Gasteiger partial charge < -0.3 is 4.74 Å². The van der Waals surface area contributed by atoms with E-state index in [2.05, 4.69) is 20.1 Å². The summed E-state index contributed by atoms with van der Waals surface area (Å²) in [5.74, 6) is -0.146. The fourth-order valence-corrected chi connectivity index (χ4v) is 1.95. The van der Waals surface area contributed by atoms with Gasteiger partial charge in [0.25, 0.3) is 5.95 Å². The average Bonchev–Trinajstić information content (AvgIpc) is 3.01. The molecule has 21 heavy (non-hydrogen) atoms. The molecule has 2 heterocycles. The van der Waals surface area contributed by atoms with Crippen molar-refractivity contribution < 1.29 is 9.13 Å². The molecule has 0 saturated heterocycles. The minimum atomic E-state index is -0.561. The number of hydrogen-bond acceptors (Lipinski definition) is 5. The molecule has 0 spiro atoms. The summed E-state index contributed by atoms with van der Waals surface area (Å²) in [5.41, 5.74) is 0.173. The highest BCUT2D eigenvalue weighted by atomic mass is 35.5. The minimum Gasteiger partial charge on any atom is -0.494 e. The molecule has 0 radical (unpaired) electrons. The van der Waals surface area contributed by atoms with E-state index in [1.165, 1.54) is 23.9 Å². The molecule has 0 aliphatic heterocycles. The predicted octanol–water partition coefficient (Wildman–Crippen LogP) is 2.53. The number of benzene rings is 1. The van der Waals surface area contributed by atoms with Gasteiger partial charge in [-0.05, 0) is 29.8 Å². The lowest BCUT2D eigenvalue weighted by Gasteiger charge is -2.07. The van der Waals surface area contributed by atoms with Crippen molar-refractivity contribution in [2.24, 2.45) is 0 Å². The van der Waals surface area contributed by atoms with E-state index in [-0.39, 0.29) is 28.4 Å². The molecule has 0 N–H and O–H groups in total. The van der Waals surface area contributed by atoms with Crippen molar-refractivity contribution in [3.63, 3.8) is 0 Å². The van der Waals surface area contributed by atoms with Gasteiger partial charge in [-0.1, -0.05) is 6.07 Å². The highest BCUT2D eigenvalue weighted by molar-refractivity contribution is 6.28. The van der Waals surface area contributed by atoms with Crippen LogP contribution in [0.2, 0.25) is 5.28 Å². The van der Waals surface area contributed by atoms with E-state index in [0.717, 1.165) is 0 Å². The zero-order valence-electron chi connectivity index (χ0n) is 10.9. The fourth-order valence-electron chi connectivity index (χ4n) is 1.79. The van der Waals surface area contributed by atoms with Crippen LogP contribution in [0.5, 0.6) is 5.75 Å². The number of aromatic nitrogens is 5. The monoisotopic (exact) mass is 305 g/mol. The highest BCUT2D eigenvalue weighted by Crippen LogP contribution is 2.27. The molecule has 0 aliphatic rings. The molecule has 2 aromatic heterocycles. The molecule has 0 saturated carbocycles. The summed E-state index contributed by atoms with van der Waals surface area (Å²) in [4.78, 5) is 12.1. The second-order valence-corrected chi connectivity index (χ2v) is 4.34. The van der Waals surface area contributed by atoms with Crippen LogP contribution in [0.1, 0.15) is 0 Å². The topological polar surface area (TPSA) is 65.7 Å². The largest absolute Gasteiger partial charge is 0.494 e. The molecule has 8 heteroatoms. The molecule has 0 unspecified atom stereocenters. The summed E-state index contributed by atoms with van der Waals surface area (Å²) in [6.07, 6.45) is 3.22. The van der Waals surface area contributed by atoms with E-state index < -0.39 is 5.82 Å². The lowest BCUT2D eigenvalue weighted by Crippen LogP contribution is -2.05. The van der Waals surface area contributed by atoms with Gasteiger partial charge in [-0.25, -0.2) is 9.07 Å². The van der Waals surface area contributed by atoms with Crippen molar-refractivity contribution in [1.82, 2.24) is 24.7 Å². The summed E-state index contributed by atoms with van der Waals surface area (Å²) in [6.45, 7) is 0. The Bertz CT molecular complexity index is 778. The van der Waals surface area contributed by atoms with Crippen LogP contribution in [-0.2, 0) is 0 Å². The summed E-state index contributed by atoms with van der Waals surface area (Å²) < 4.78 is 20.6. The normalized spacial score (nSPS) is 10.6. The van der Waals surface area contributed by atoms with Gasteiger partial charge in [-0.3, -0.25) is 0 Å². The molecule has 6 nitrogen and oxygen atoms in total. The lowest BCUT2D eigenvalue weighted by molar-refractivity contribution is 0.387. The van der Waals surface area contributed by atoms with Gasteiger partial charge in [0, 0.05) is 12.4 Å². The van der Waals surface area contributed by atoms with Gasteiger partial charge in [-0.2, -0.15) is 20.1 Å². The highest BCUT2D eigenvalue weighted by Gasteiger charge is 2.15. The van der Waals surface area contributed by atoms with Gasteiger partial charge in [0.2, 0.25) is 5.28 Å². The summed E-state index contributed by atoms with van der Waals surface area (Å²) in [7, 11) is 1.39. The Hall–Kier alpha value is -2.54. The van der Waals surface area contributed by atoms with Crippen molar-refractivity contribution >= 4 is 11.6 Å². The Kier molecular flexibility index (Phi) is 3.49. The number of hydrogen-bond donors (Lipinski definition) is 0. The number of methoxy groups -OCH3 is 1. The Morgan fingerprint density at radius 2 is 2.05 bits per heavy atom. The average molecular weight is 306 g/mol. The predicted molar refractivity (Wildman–Crippen MR) is 73.9 cm³/mol.